The van der Waals surface area contributed by atoms with E-state index in [1.54, 1.807) is 12.3 Å². The van der Waals surface area contributed by atoms with Gasteiger partial charge in [0.1, 0.15) is 0 Å². The van der Waals surface area contributed by atoms with Crippen molar-refractivity contribution in [3.63, 3.8) is 0 Å². The lowest BCUT2D eigenvalue weighted by Gasteiger charge is -2.28. The lowest BCUT2D eigenvalue weighted by atomic mass is 9.88. The normalized spacial score (nSPS) is 13.8. The van der Waals surface area contributed by atoms with Gasteiger partial charge in [0.25, 0.3) is 0 Å². The summed E-state index contributed by atoms with van der Waals surface area (Å²) >= 11 is 0. The number of halogens is 3. The van der Waals surface area contributed by atoms with E-state index in [1.165, 1.54) is 12.1 Å². The van der Waals surface area contributed by atoms with Crippen molar-refractivity contribution < 1.29 is 13.2 Å². The first-order valence-corrected chi connectivity index (χ1v) is 7.80. The molecule has 0 radical (unpaired) electrons. The van der Waals surface area contributed by atoms with Crippen LogP contribution in [0.25, 0.3) is 11.4 Å². The van der Waals surface area contributed by atoms with Crippen LogP contribution in [0.2, 0.25) is 0 Å². The Hall–Kier alpha value is -1.95. The van der Waals surface area contributed by atoms with Crippen molar-refractivity contribution in [1.29, 1.82) is 0 Å². The summed E-state index contributed by atoms with van der Waals surface area (Å²) < 4.78 is 37.9. The average molecular weight is 337 g/mol. The maximum atomic E-state index is 12.6. The van der Waals surface area contributed by atoms with Crippen molar-refractivity contribution in [3.05, 3.63) is 47.8 Å². The predicted octanol–water partition coefficient (Wildman–Crippen LogP) is 4.69. The van der Waals surface area contributed by atoms with Crippen LogP contribution >= 0.6 is 0 Å². The van der Waals surface area contributed by atoms with Crippen LogP contribution in [0.5, 0.6) is 0 Å². The van der Waals surface area contributed by atoms with E-state index in [-0.39, 0.29) is 5.41 Å². The summed E-state index contributed by atoms with van der Waals surface area (Å²) in [6.45, 7) is 9.14. The van der Waals surface area contributed by atoms with Crippen molar-refractivity contribution in [2.75, 3.05) is 0 Å². The van der Waals surface area contributed by atoms with Crippen LogP contribution in [-0.2, 0) is 12.7 Å². The van der Waals surface area contributed by atoms with Gasteiger partial charge in [-0.25, -0.2) is 9.97 Å². The number of hydrogen-bond acceptors (Lipinski definition) is 3. The van der Waals surface area contributed by atoms with E-state index in [2.05, 4.69) is 43.0 Å². The molecule has 1 N–H and O–H groups in total. The molecule has 0 saturated heterocycles. The summed E-state index contributed by atoms with van der Waals surface area (Å²) in [5.41, 5.74) is 0.816. The SMILES string of the molecule is C[C@@H](NCc1ccnc(-c2ccc(C(F)(F)F)cc2)n1)C(C)(C)C. The van der Waals surface area contributed by atoms with Crippen LogP contribution < -0.4 is 5.32 Å². The van der Waals surface area contributed by atoms with Gasteiger partial charge in [0.05, 0.1) is 11.3 Å². The number of rotatable bonds is 4. The molecule has 1 atom stereocenters. The third kappa shape index (κ3) is 4.77. The molecule has 0 aliphatic rings. The fourth-order valence-electron chi connectivity index (χ4n) is 2.01. The van der Waals surface area contributed by atoms with Crippen LogP contribution in [0.4, 0.5) is 13.2 Å². The Morgan fingerprint density at radius 2 is 1.67 bits per heavy atom. The second-order valence-corrected chi connectivity index (χ2v) is 6.92. The number of nitrogens with one attached hydrogen (secondary N) is 1. The molecular weight excluding hydrogens is 315 g/mol. The van der Waals surface area contributed by atoms with Gasteiger partial charge in [-0.3, -0.25) is 0 Å². The van der Waals surface area contributed by atoms with Gasteiger partial charge >= 0.3 is 6.18 Å². The minimum atomic E-state index is -4.34. The third-order valence-corrected chi connectivity index (χ3v) is 4.07. The van der Waals surface area contributed by atoms with Crippen molar-refractivity contribution in [1.82, 2.24) is 15.3 Å². The highest BCUT2D eigenvalue weighted by Crippen LogP contribution is 2.30. The Bertz CT molecular complexity index is 673. The quantitative estimate of drug-likeness (QED) is 0.880. The number of nitrogens with zero attached hydrogens (tertiary/aromatic N) is 2. The minimum Gasteiger partial charge on any atom is -0.308 e. The molecule has 0 fully saturated rings. The first-order valence-electron chi connectivity index (χ1n) is 7.80. The lowest BCUT2D eigenvalue weighted by Crippen LogP contribution is -2.37. The van der Waals surface area contributed by atoms with Gasteiger partial charge in [-0.15, -0.1) is 0 Å². The van der Waals surface area contributed by atoms with Crippen LogP contribution in [0.1, 0.15) is 39.0 Å². The molecule has 0 aliphatic heterocycles. The number of hydrogen-bond donors (Lipinski definition) is 1. The summed E-state index contributed by atoms with van der Waals surface area (Å²) in [5, 5.41) is 3.41. The molecule has 1 aromatic carbocycles. The van der Waals surface area contributed by atoms with E-state index < -0.39 is 11.7 Å². The molecule has 1 aromatic heterocycles. The molecule has 0 spiro atoms. The zero-order valence-electron chi connectivity index (χ0n) is 14.3. The standard InChI is InChI=1S/C18H22F3N3/c1-12(17(2,3)4)23-11-15-9-10-22-16(24-15)13-5-7-14(8-6-13)18(19,20)21/h5-10,12,23H,11H2,1-4H3/t12-/m1/s1. The van der Waals surface area contributed by atoms with Crippen molar-refractivity contribution >= 4 is 0 Å². The topological polar surface area (TPSA) is 37.8 Å². The Balaban J connectivity index is 2.13. The van der Waals surface area contributed by atoms with E-state index in [0.29, 0.717) is 24.0 Å². The molecule has 130 valence electrons. The molecule has 2 rings (SSSR count). The summed E-state index contributed by atoms with van der Waals surface area (Å²) in [6, 6.07) is 6.98. The van der Waals surface area contributed by atoms with Gasteiger partial charge in [0.2, 0.25) is 0 Å². The highest BCUT2D eigenvalue weighted by molar-refractivity contribution is 5.55. The van der Waals surface area contributed by atoms with E-state index in [4.69, 9.17) is 0 Å². The summed E-state index contributed by atoms with van der Waals surface area (Å²) in [4.78, 5) is 8.59. The monoisotopic (exact) mass is 337 g/mol. The van der Waals surface area contributed by atoms with Crippen LogP contribution in [0.3, 0.4) is 0 Å². The molecule has 0 bridgehead atoms. The molecule has 1 heterocycles. The van der Waals surface area contributed by atoms with Gasteiger partial charge in [-0.2, -0.15) is 13.2 Å². The lowest BCUT2D eigenvalue weighted by molar-refractivity contribution is -0.137. The molecule has 3 nitrogen and oxygen atoms in total. The zero-order valence-corrected chi connectivity index (χ0v) is 14.3. The van der Waals surface area contributed by atoms with E-state index >= 15 is 0 Å². The highest BCUT2D eigenvalue weighted by atomic mass is 19.4. The Kier molecular flexibility index (Phi) is 5.28. The predicted molar refractivity (Wildman–Crippen MR) is 88.2 cm³/mol. The Labute approximate surface area is 140 Å². The van der Waals surface area contributed by atoms with Gasteiger partial charge in [-0.1, -0.05) is 32.9 Å². The molecule has 24 heavy (non-hydrogen) atoms. The van der Waals surface area contributed by atoms with Gasteiger partial charge in [0, 0.05) is 24.3 Å². The van der Waals surface area contributed by atoms with Gasteiger partial charge < -0.3 is 5.32 Å². The molecule has 0 aliphatic carbocycles. The Morgan fingerprint density at radius 1 is 1.04 bits per heavy atom. The van der Waals surface area contributed by atoms with E-state index in [9.17, 15) is 13.2 Å². The molecule has 0 amide bonds. The van der Waals surface area contributed by atoms with Crippen LogP contribution in [-0.4, -0.2) is 16.0 Å². The molecule has 6 heteroatoms. The van der Waals surface area contributed by atoms with Gasteiger partial charge in [0.15, 0.2) is 5.82 Å². The fraction of sp³-hybridized carbons (Fsp3) is 0.444. The fourth-order valence-corrected chi connectivity index (χ4v) is 2.01. The second-order valence-electron chi connectivity index (χ2n) is 6.92. The summed E-state index contributed by atoms with van der Waals surface area (Å²) in [5.74, 6) is 0.423. The van der Waals surface area contributed by atoms with Gasteiger partial charge in [-0.05, 0) is 30.5 Å². The van der Waals surface area contributed by atoms with Crippen molar-refractivity contribution in [2.24, 2.45) is 5.41 Å². The molecule has 0 saturated carbocycles. The maximum absolute atomic E-state index is 12.6. The summed E-state index contributed by atoms with van der Waals surface area (Å²) in [6.07, 6.45) is -2.72. The number of benzene rings is 1. The molecule has 2 aromatic rings. The van der Waals surface area contributed by atoms with E-state index in [0.717, 1.165) is 17.8 Å². The van der Waals surface area contributed by atoms with Crippen LogP contribution in [0, 0.1) is 5.41 Å². The zero-order chi connectivity index (χ0) is 18.0. The molecule has 0 unspecified atom stereocenters. The van der Waals surface area contributed by atoms with Crippen LogP contribution in [0.15, 0.2) is 36.5 Å². The van der Waals surface area contributed by atoms with E-state index in [1.807, 2.05) is 0 Å². The van der Waals surface area contributed by atoms with Crippen molar-refractivity contribution in [2.45, 2.75) is 46.5 Å². The smallest absolute Gasteiger partial charge is 0.308 e. The second kappa shape index (κ2) is 6.89. The molecular formula is C18H22F3N3. The number of alkyl halides is 3. The largest absolute Gasteiger partial charge is 0.416 e. The Morgan fingerprint density at radius 3 is 2.21 bits per heavy atom. The summed E-state index contributed by atoms with van der Waals surface area (Å²) in [7, 11) is 0. The average Bonchev–Trinajstić information content (AvgIpc) is 2.51. The minimum absolute atomic E-state index is 0.128. The van der Waals surface area contributed by atoms with Crippen molar-refractivity contribution in [3.8, 4) is 11.4 Å². The maximum Gasteiger partial charge on any atom is 0.416 e. The first-order chi connectivity index (χ1) is 11.1. The third-order valence-electron chi connectivity index (χ3n) is 4.07. The first kappa shape index (κ1) is 18.4. The highest BCUT2D eigenvalue weighted by Gasteiger charge is 2.30. The number of aromatic nitrogens is 2.